The number of aromatic nitrogens is 1. The van der Waals surface area contributed by atoms with Gasteiger partial charge in [0.15, 0.2) is 5.13 Å². The number of aryl methyl sites for hydroxylation is 1. The van der Waals surface area contributed by atoms with Crippen molar-refractivity contribution in [3.63, 3.8) is 0 Å². The molecule has 1 fully saturated rings. The van der Waals surface area contributed by atoms with Gasteiger partial charge in [-0.25, -0.2) is 4.98 Å². The second-order valence-electron chi connectivity index (χ2n) is 5.96. The van der Waals surface area contributed by atoms with Crippen LogP contribution in [0.4, 0.5) is 5.13 Å². The first-order valence-corrected chi connectivity index (χ1v) is 8.57. The Bertz CT molecular complexity index is 437. The van der Waals surface area contributed by atoms with Crippen LogP contribution in [0, 0.1) is 6.92 Å². The molecular formula is C15H28N4OS. The normalized spacial score (nSPS) is 18.9. The van der Waals surface area contributed by atoms with E-state index in [-0.39, 0.29) is 6.61 Å². The van der Waals surface area contributed by atoms with Crippen LogP contribution in [0.5, 0.6) is 0 Å². The highest BCUT2D eigenvalue weighted by Gasteiger charge is 2.23. The van der Waals surface area contributed by atoms with E-state index in [9.17, 15) is 5.11 Å². The molecule has 1 aliphatic rings. The smallest absolute Gasteiger partial charge is 0.185 e. The first-order valence-electron chi connectivity index (χ1n) is 7.76. The van der Waals surface area contributed by atoms with Crippen LogP contribution in [-0.4, -0.2) is 72.8 Å². The van der Waals surface area contributed by atoms with E-state index < -0.39 is 0 Å². The number of piperazine rings is 1. The molecule has 0 radical (unpaired) electrons. The molecule has 0 saturated carbocycles. The van der Waals surface area contributed by atoms with Crippen LogP contribution in [0.1, 0.15) is 23.9 Å². The van der Waals surface area contributed by atoms with Crippen molar-refractivity contribution in [1.29, 1.82) is 0 Å². The van der Waals surface area contributed by atoms with E-state index in [1.807, 2.05) is 14.1 Å². The molecule has 0 amide bonds. The van der Waals surface area contributed by atoms with Crippen LogP contribution >= 0.6 is 11.3 Å². The van der Waals surface area contributed by atoms with Crippen molar-refractivity contribution >= 4 is 16.5 Å². The van der Waals surface area contributed by atoms with Gasteiger partial charge in [-0.15, -0.1) is 11.3 Å². The third kappa shape index (κ3) is 4.16. The Balaban J connectivity index is 1.89. The first-order chi connectivity index (χ1) is 10.0. The summed E-state index contributed by atoms with van der Waals surface area (Å²) in [6.07, 6.45) is 1.02. The summed E-state index contributed by atoms with van der Waals surface area (Å²) in [7, 11) is 4.08. The van der Waals surface area contributed by atoms with Gasteiger partial charge in [-0.05, 0) is 13.3 Å². The van der Waals surface area contributed by atoms with Crippen LogP contribution in [0.25, 0.3) is 0 Å². The molecule has 1 saturated heterocycles. The highest BCUT2D eigenvalue weighted by Crippen LogP contribution is 2.26. The lowest BCUT2D eigenvalue weighted by Gasteiger charge is -2.38. The molecule has 0 aromatic carbocycles. The Morgan fingerprint density at radius 2 is 1.95 bits per heavy atom. The second kappa shape index (κ2) is 7.54. The van der Waals surface area contributed by atoms with Crippen molar-refractivity contribution < 1.29 is 5.11 Å². The molecule has 1 aromatic rings. The van der Waals surface area contributed by atoms with Crippen molar-refractivity contribution in [3.8, 4) is 0 Å². The maximum Gasteiger partial charge on any atom is 0.185 e. The lowest BCUT2D eigenvalue weighted by molar-refractivity contribution is 0.0611. The third-order valence-corrected chi connectivity index (χ3v) is 5.55. The highest BCUT2D eigenvalue weighted by atomic mass is 32.1. The number of aliphatic hydroxyl groups is 1. The number of aliphatic hydroxyl groups excluding tert-OH is 1. The number of hydrogen-bond donors (Lipinski definition) is 1. The first kappa shape index (κ1) is 16.7. The van der Waals surface area contributed by atoms with Crippen molar-refractivity contribution in [3.05, 3.63) is 10.6 Å². The zero-order valence-corrected chi connectivity index (χ0v) is 14.5. The Kier molecular flexibility index (Phi) is 5.98. The van der Waals surface area contributed by atoms with Crippen LogP contribution in [0.15, 0.2) is 0 Å². The largest absolute Gasteiger partial charge is 0.395 e. The third-order valence-electron chi connectivity index (χ3n) is 4.24. The molecule has 0 aliphatic carbocycles. The molecule has 120 valence electrons. The van der Waals surface area contributed by atoms with Crippen molar-refractivity contribution in [2.75, 3.05) is 51.8 Å². The monoisotopic (exact) mass is 312 g/mol. The Morgan fingerprint density at radius 3 is 2.43 bits per heavy atom. The van der Waals surface area contributed by atoms with Gasteiger partial charge in [-0.2, -0.15) is 0 Å². The second-order valence-corrected chi connectivity index (χ2v) is 7.02. The van der Waals surface area contributed by atoms with E-state index in [0.29, 0.717) is 6.04 Å². The lowest BCUT2D eigenvalue weighted by Crippen LogP contribution is -2.50. The van der Waals surface area contributed by atoms with E-state index >= 15 is 0 Å². The predicted octanol–water partition coefficient (Wildman–Crippen LogP) is 1.41. The summed E-state index contributed by atoms with van der Waals surface area (Å²) in [4.78, 5) is 13.0. The van der Waals surface area contributed by atoms with E-state index in [2.05, 4.69) is 33.5 Å². The number of thiazole rings is 1. The molecule has 5 nitrogen and oxygen atoms in total. The summed E-state index contributed by atoms with van der Waals surface area (Å²) in [6, 6.07) is 0.331. The molecule has 1 N–H and O–H groups in total. The summed E-state index contributed by atoms with van der Waals surface area (Å²) in [5, 5.41) is 10.5. The minimum Gasteiger partial charge on any atom is -0.395 e. The number of nitrogens with zero attached hydrogens (tertiary/aromatic N) is 4. The topological polar surface area (TPSA) is 42.8 Å². The number of rotatable bonds is 6. The molecule has 0 bridgehead atoms. The molecular weight excluding hydrogens is 284 g/mol. The molecule has 21 heavy (non-hydrogen) atoms. The Hall–Kier alpha value is -0.690. The highest BCUT2D eigenvalue weighted by molar-refractivity contribution is 7.15. The summed E-state index contributed by atoms with van der Waals surface area (Å²) >= 11 is 1.80. The summed E-state index contributed by atoms with van der Waals surface area (Å²) in [5.41, 5.74) is 1.16. The molecule has 1 unspecified atom stereocenters. The van der Waals surface area contributed by atoms with Gasteiger partial charge >= 0.3 is 0 Å². The molecule has 1 atom stereocenters. The van der Waals surface area contributed by atoms with Crippen molar-refractivity contribution in [2.24, 2.45) is 0 Å². The fourth-order valence-corrected chi connectivity index (χ4v) is 3.77. The average molecular weight is 312 g/mol. The maximum atomic E-state index is 9.40. The van der Waals surface area contributed by atoms with E-state index in [4.69, 9.17) is 0 Å². The molecule has 1 aliphatic heterocycles. The van der Waals surface area contributed by atoms with Gasteiger partial charge in [0.05, 0.1) is 12.3 Å². The van der Waals surface area contributed by atoms with Gasteiger partial charge in [0, 0.05) is 57.7 Å². The van der Waals surface area contributed by atoms with Crippen LogP contribution in [0.3, 0.4) is 0 Å². The van der Waals surface area contributed by atoms with Gasteiger partial charge in [0.2, 0.25) is 0 Å². The fraction of sp³-hybridized carbons (Fsp3) is 0.800. The van der Waals surface area contributed by atoms with Gasteiger partial charge in [0.25, 0.3) is 0 Å². The van der Waals surface area contributed by atoms with Crippen LogP contribution < -0.4 is 4.90 Å². The van der Waals surface area contributed by atoms with Crippen molar-refractivity contribution in [2.45, 2.75) is 32.9 Å². The number of anilines is 1. The Labute approximate surface area is 132 Å². The van der Waals surface area contributed by atoms with E-state index in [0.717, 1.165) is 50.0 Å². The Morgan fingerprint density at radius 1 is 1.29 bits per heavy atom. The number of hydrogen-bond acceptors (Lipinski definition) is 6. The van der Waals surface area contributed by atoms with Gasteiger partial charge in [-0.1, -0.05) is 6.92 Å². The van der Waals surface area contributed by atoms with E-state index in [1.54, 1.807) is 11.3 Å². The summed E-state index contributed by atoms with van der Waals surface area (Å²) in [6.45, 7) is 9.79. The van der Waals surface area contributed by atoms with Gasteiger partial charge in [-0.3, -0.25) is 9.80 Å². The minimum atomic E-state index is 0.274. The zero-order valence-electron chi connectivity index (χ0n) is 13.7. The molecule has 1 aromatic heterocycles. The van der Waals surface area contributed by atoms with Gasteiger partial charge < -0.3 is 10.0 Å². The SMILES string of the molecule is CCC(CO)N1CCN(Cc2sc(N(C)C)nc2C)CC1. The minimum absolute atomic E-state index is 0.274. The van der Waals surface area contributed by atoms with E-state index in [1.165, 1.54) is 4.88 Å². The van der Waals surface area contributed by atoms with Gasteiger partial charge in [0.1, 0.15) is 0 Å². The molecule has 2 heterocycles. The molecule has 0 spiro atoms. The summed E-state index contributed by atoms with van der Waals surface area (Å²) in [5.74, 6) is 0. The standard InChI is InChI=1S/C15H28N4OS/c1-5-13(11-20)19-8-6-18(7-9-19)10-14-12(2)16-15(21-14)17(3)4/h13,20H,5-11H2,1-4H3. The predicted molar refractivity (Wildman–Crippen MR) is 89.2 cm³/mol. The quantitative estimate of drug-likeness (QED) is 0.860. The molecule has 6 heteroatoms. The maximum absolute atomic E-state index is 9.40. The summed E-state index contributed by atoms with van der Waals surface area (Å²) < 4.78 is 0. The van der Waals surface area contributed by atoms with Crippen LogP contribution in [0.2, 0.25) is 0 Å². The zero-order chi connectivity index (χ0) is 15.4. The molecule has 2 rings (SSSR count). The van der Waals surface area contributed by atoms with Crippen LogP contribution in [-0.2, 0) is 6.54 Å². The average Bonchev–Trinajstić information content (AvgIpc) is 2.84. The van der Waals surface area contributed by atoms with Crippen molar-refractivity contribution in [1.82, 2.24) is 14.8 Å². The lowest BCUT2D eigenvalue weighted by atomic mass is 10.1. The fourth-order valence-electron chi connectivity index (χ4n) is 2.74.